The summed E-state index contributed by atoms with van der Waals surface area (Å²) in [6.07, 6.45) is 88.1. The molecular weight excluding hydrogens is 983 g/mol. The van der Waals surface area contributed by atoms with Crippen LogP contribution in [0.2, 0.25) is 0 Å². The number of esters is 1. The van der Waals surface area contributed by atoms with Crippen LogP contribution in [0.3, 0.4) is 0 Å². The normalized spacial score (nSPS) is 12.6. The number of unbranched alkanes of at least 4 members (excludes halogenated alkanes) is 54. The molecule has 0 radical (unpaired) electrons. The molecular formula is C74H143NO5. The Hall–Kier alpha value is -1.66. The molecule has 2 unspecified atom stereocenters. The van der Waals surface area contributed by atoms with Gasteiger partial charge in [-0.05, 0) is 57.8 Å². The Bertz CT molecular complexity index is 1250. The summed E-state index contributed by atoms with van der Waals surface area (Å²) < 4.78 is 5.47. The number of rotatable bonds is 69. The zero-order chi connectivity index (χ0) is 57.8. The maximum Gasteiger partial charge on any atom is 0.305 e. The molecule has 6 heteroatoms. The van der Waals surface area contributed by atoms with Crippen LogP contribution in [-0.4, -0.2) is 47.4 Å². The first-order valence-electron chi connectivity index (χ1n) is 36.6. The van der Waals surface area contributed by atoms with Crippen LogP contribution in [0.15, 0.2) is 24.3 Å². The summed E-state index contributed by atoms with van der Waals surface area (Å²) in [5, 5.41) is 23.4. The Morgan fingerprint density at radius 2 is 0.625 bits per heavy atom. The van der Waals surface area contributed by atoms with Gasteiger partial charge in [-0.3, -0.25) is 9.59 Å². The molecule has 2 atom stereocenters. The highest BCUT2D eigenvalue weighted by Gasteiger charge is 2.20. The number of carbonyl (C=O) groups is 2. The molecule has 0 aliphatic carbocycles. The minimum Gasteiger partial charge on any atom is -0.466 e. The topological polar surface area (TPSA) is 95.9 Å². The Morgan fingerprint density at radius 3 is 0.950 bits per heavy atom. The van der Waals surface area contributed by atoms with E-state index in [1.807, 2.05) is 0 Å². The van der Waals surface area contributed by atoms with Crippen molar-refractivity contribution in [1.82, 2.24) is 5.32 Å². The molecule has 0 aromatic carbocycles. The van der Waals surface area contributed by atoms with Gasteiger partial charge in [-0.15, -0.1) is 0 Å². The molecule has 0 rings (SSSR count). The average Bonchev–Trinajstić information content (AvgIpc) is 3.46. The molecule has 0 bridgehead atoms. The van der Waals surface area contributed by atoms with Gasteiger partial charge in [0.05, 0.1) is 25.4 Å². The lowest BCUT2D eigenvalue weighted by Gasteiger charge is -2.22. The van der Waals surface area contributed by atoms with E-state index in [-0.39, 0.29) is 18.5 Å². The molecule has 0 aromatic heterocycles. The molecule has 3 N–H and O–H groups in total. The van der Waals surface area contributed by atoms with Gasteiger partial charge in [0.15, 0.2) is 0 Å². The van der Waals surface area contributed by atoms with E-state index in [1.54, 1.807) is 0 Å². The second-order valence-corrected chi connectivity index (χ2v) is 25.3. The third-order valence-corrected chi connectivity index (χ3v) is 17.3. The number of carbonyl (C=O) groups excluding carboxylic acids is 2. The van der Waals surface area contributed by atoms with Crippen LogP contribution in [0.1, 0.15) is 412 Å². The monoisotopic (exact) mass is 1130 g/mol. The smallest absolute Gasteiger partial charge is 0.305 e. The zero-order valence-electron chi connectivity index (χ0n) is 54.3. The summed E-state index contributed by atoms with van der Waals surface area (Å²) in [5.41, 5.74) is 0. The van der Waals surface area contributed by atoms with E-state index in [2.05, 4.69) is 43.5 Å². The maximum absolute atomic E-state index is 12.5. The molecule has 0 aromatic rings. The van der Waals surface area contributed by atoms with E-state index < -0.39 is 12.1 Å². The van der Waals surface area contributed by atoms with Crippen molar-refractivity contribution >= 4 is 11.9 Å². The van der Waals surface area contributed by atoms with Crippen molar-refractivity contribution in [3.63, 3.8) is 0 Å². The van der Waals surface area contributed by atoms with Gasteiger partial charge in [0, 0.05) is 12.8 Å². The fourth-order valence-corrected chi connectivity index (χ4v) is 11.7. The lowest BCUT2D eigenvalue weighted by molar-refractivity contribution is -0.143. The number of aliphatic hydroxyl groups is 2. The molecule has 0 heterocycles. The van der Waals surface area contributed by atoms with E-state index in [0.29, 0.717) is 25.9 Å². The van der Waals surface area contributed by atoms with Crippen LogP contribution in [0, 0.1) is 0 Å². The molecule has 0 saturated carbocycles. The third kappa shape index (κ3) is 65.5. The highest BCUT2D eigenvalue weighted by atomic mass is 16.5. The Balaban J connectivity index is 3.38. The summed E-state index contributed by atoms with van der Waals surface area (Å²) in [6, 6.07) is -0.540. The van der Waals surface area contributed by atoms with Crippen LogP contribution >= 0.6 is 0 Å². The fraction of sp³-hybridized carbons (Fsp3) is 0.919. The van der Waals surface area contributed by atoms with Crippen molar-refractivity contribution in [2.75, 3.05) is 13.2 Å². The van der Waals surface area contributed by atoms with E-state index in [0.717, 1.165) is 44.9 Å². The summed E-state index contributed by atoms with van der Waals surface area (Å²) in [4.78, 5) is 24.5. The van der Waals surface area contributed by atoms with Gasteiger partial charge in [0.2, 0.25) is 5.91 Å². The van der Waals surface area contributed by atoms with Crippen LogP contribution in [0.25, 0.3) is 0 Å². The van der Waals surface area contributed by atoms with E-state index in [1.165, 1.54) is 334 Å². The SMILES string of the molecule is CCCCCCCCCCCCCCCCCCCCCC(O)C(CO)NC(=O)CCCCCCCCCCCCCCCCCCC/C=C\C/C=C\CCCCCCCCCCCOC(=O)CCCCCCCCCCCCC. The summed E-state index contributed by atoms with van der Waals surface area (Å²) in [5.74, 6) is -0.0141. The number of aliphatic hydroxyl groups excluding tert-OH is 2. The van der Waals surface area contributed by atoms with Gasteiger partial charge < -0.3 is 20.3 Å². The molecule has 0 fully saturated rings. The van der Waals surface area contributed by atoms with Crippen LogP contribution in [-0.2, 0) is 14.3 Å². The number of ether oxygens (including phenoxy) is 1. The fourth-order valence-electron chi connectivity index (χ4n) is 11.7. The van der Waals surface area contributed by atoms with Crippen LogP contribution in [0.5, 0.6) is 0 Å². The van der Waals surface area contributed by atoms with Crippen molar-refractivity contribution in [3.8, 4) is 0 Å². The summed E-state index contributed by atoms with van der Waals surface area (Å²) in [6.45, 7) is 4.99. The van der Waals surface area contributed by atoms with Crippen LogP contribution in [0.4, 0.5) is 0 Å². The van der Waals surface area contributed by atoms with Gasteiger partial charge in [0.1, 0.15) is 0 Å². The van der Waals surface area contributed by atoms with Crippen molar-refractivity contribution in [2.45, 2.75) is 424 Å². The molecule has 0 spiro atoms. The first-order chi connectivity index (χ1) is 39.5. The maximum atomic E-state index is 12.5. The number of hydrogen-bond donors (Lipinski definition) is 3. The molecule has 0 aliphatic heterocycles. The highest BCUT2D eigenvalue weighted by Crippen LogP contribution is 2.19. The largest absolute Gasteiger partial charge is 0.466 e. The molecule has 0 aliphatic rings. The second kappa shape index (κ2) is 69.8. The van der Waals surface area contributed by atoms with E-state index in [4.69, 9.17) is 4.74 Å². The summed E-state index contributed by atoms with van der Waals surface area (Å²) >= 11 is 0. The second-order valence-electron chi connectivity index (χ2n) is 25.3. The Labute approximate surface area is 501 Å². The van der Waals surface area contributed by atoms with E-state index >= 15 is 0 Å². The molecule has 80 heavy (non-hydrogen) atoms. The predicted molar refractivity (Wildman–Crippen MR) is 352 cm³/mol. The number of hydrogen-bond acceptors (Lipinski definition) is 5. The van der Waals surface area contributed by atoms with Gasteiger partial charge in [0.25, 0.3) is 0 Å². The number of amides is 1. The van der Waals surface area contributed by atoms with Crippen LogP contribution < -0.4 is 5.32 Å². The van der Waals surface area contributed by atoms with Crippen molar-refractivity contribution in [2.24, 2.45) is 0 Å². The lowest BCUT2D eigenvalue weighted by atomic mass is 10.0. The summed E-state index contributed by atoms with van der Waals surface area (Å²) in [7, 11) is 0. The van der Waals surface area contributed by atoms with Gasteiger partial charge in [-0.2, -0.15) is 0 Å². The molecule has 1 amide bonds. The number of nitrogens with one attached hydrogen (secondary N) is 1. The average molecular weight is 1130 g/mol. The minimum absolute atomic E-state index is 0.0145. The molecule has 6 nitrogen and oxygen atoms in total. The van der Waals surface area contributed by atoms with Gasteiger partial charge in [-0.1, -0.05) is 366 Å². The first-order valence-corrected chi connectivity index (χ1v) is 36.6. The van der Waals surface area contributed by atoms with Gasteiger partial charge >= 0.3 is 5.97 Å². The quantitative estimate of drug-likeness (QED) is 0.0320. The highest BCUT2D eigenvalue weighted by molar-refractivity contribution is 5.76. The standard InChI is InChI=1S/C74H143NO5/c1-3-5-7-9-11-13-15-16-17-18-34-37-40-43-47-50-54-58-62-66-72(77)71(70-76)75-73(78)67-63-59-55-51-48-44-41-38-35-32-30-28-26-24-22-20-19-21-23-25-27-29-31-33-36-39-42-45-49-53-57-61-65-69-80-74(79)68-64-60-56-52-46-14-12-10-8-6-4-2/h23,25,29,31,71-72,76-77H,3-22,24,26-28,30,32-70H2,1-2H3,(H,75,78)/b25-23-,31-29-. The number of allylic oxidation sites excluding steroid dienone is 4. The van der Waals surface area contributed by atoms with Crippen molar-refractivity contribution in [3.05, 3.63) is 24.3 Å². The Kier molecular flexibility index (Phi) is 68.4. The lowest BCUT2D eigenvalue weighted by Crippen LogP contribution is -2.45. The Morgan fingerprint density at radius 1 is 0.350 bits per heavy atom. The molecule has 0 saturated heterocycles. The van der Waals surface area contributed by atoms with Gasteiger partial charge in [-0.25, -0.2) is 0 Å². The third-order valence-electron chi connectivity index (χ3n) is 17.3. The zero-order valence-corrected chi connectivity index (χ0v) is 54.3. The molecule has 474 valence electrons. The minimum atomic E-state index is -0.663. The van der Waals surface area contributed by atoms with E-state index in [9.17, 15) is 19.8 Å². The van der Waals surface area contributed by atoms with Crippen molar-refractivity contribution in [1.29, 1.82) is 0 Å². The van der Waals surface area contributed by atoms with Crippen molar-refractivity contribution < 1.29 is 24.5 Å². The predicted octanol–water partition coefficient (Wildman–Crippen LogP) is 23.7. The first kappa shape index (κ1) is 78.3.